The van der Waals surface area contributed by atoms with Crippen LogP contribution in [0.5, 0.6) is 5.75 Å². The molecule has 2 aromatic carbocycles. The van der Waals surface area contributed by atoms with E-state index in [4.69, 9.17) is 0 Å². The van der Waals surface area contributed by atoms with Crippen molar-refractivity contribution in [1.82, 2.24) is 4.90 Å². The van der Waals surface area contributed by atoms with Gasteiger partial charge in [0.05, 0.1) is 0 Å². The van der Waals surface area contributed by atoms with Crippen LogP contribution < -0.4 is 0 Å². The minimum atomic E-state index is -0.0867. The van der Waals surface area contributed by atoms with E-state index >= 15 is 0 Å². The van der Waals surface area contributed by atoms with Gasteiger partial charge in [0.1, 0.15) is 5.75 Å². The van der Waals surface area contributed by atoms with Gasteiger partial charge in [0.2, 0.25) is 0 Å². The van der Waals surface area contributed by atoms with Crippen LogP contribution >= 0.6 is 0 Å². The number of aromatic hydroxyl groups is 1. The summed E-state index contributed by atoms with van der Waals surface area (Å²) >= 11 is 0. The Balaban J connectivity index is 2.40. The lowest BCUT2D eigenvalue weighted by Crippen LogP contribution is -2.24. The van der Waals surface area contributed by atoms with Crippen LogP contribution in [-0.2, 0) is 23.9 Å². The summed E-state index contributed by atoms with van der Waals surface area (Å²) in [5, 5.41) is 11.0. The highest BCUT2D eigenvalue weighted by atomic mass is 16.3. The fourth-order valence-electron chi connectivity index (χ4n) is 3.18. The Morgan fingerprint density at radius 1 is 0.846 bits per heavy atom. The average molecular weight is 354 g/mol. The molecular weight excluding hydrogens is 318 g/mol. The zero-order valence-electron chi connectivity index (χ0n) is 17.6. The summed E-state index contributed by atoms with van der Waals surface area (Å²) in [6.45, 7) is 18.0. The van der Waals surface area contributed by atoms with Crippen molar-refractivity contribution in [2.24, 2.45) is 0 Å². The van der Waals surface area contributed by atoms with Crippen LogP contribution in [0.25, 0.3) is 0 Å². The van der Waals surface area contributed by atoms with E-state index in [0.717, 1.165) is 30.8 Å². The van der Waals surface area contributed by atoms with E-state index in [1.54, 1.807) is 0 Å². The minimum Gasteiger partial charge on any atom is -0.507 e. The van der Waals surface area contributed by atoms with E-state index in [-0.39, 0.29) is 10.8 Å². The van der Waals surface area contributed by atoms with Gasteiger partial charge >= 0.3 is 0 Å². The number of phenols is 1. The standard InChI is InChI=1S/C24H35NO/c1-8-25(16-18-12-10-9-11-13-18)17-19-14-20(23(2,3)4)15-21(22(19)26)24(5,6)7/h9-15,26H,8,16-17H2,1-7H3. The fraction of sp³-hybridized carbons (Fsp3) is 0.500. The maximum atomic E-state index is 11.0. The molecule has 2 aromatic rings. The molecule has 142 valence electrons. The molecule has 0 spiro atoms. The van der Waals surface area contributed by atoms with E-state index in [0.29, 0.717) is 5.75 Å². The Kier molecular flexibility index (Phi) is 6.18. The molecule has 0 aliphatic carbocycles. The summed E-state index contributed by atoms with van der Waals surface area (Å²) in [4.78, 5) is 2.38. The third-order valence-electron chi connectivity index (χ3n) is 4.95. The fourth-order valence-corrected chi connectivity index (χ4v) is 3.18. The number of nitrogens with zero attached hydrogens (tertiary/aromatic N) is 1. The summed E-state index contributed by atoms with van der Waals surface area (Å²) in [6.07, 6.45) is 0. The Labute approximate surface area is 159 Å². The molecule has 26 heavy (non-hydrogen) atoms. The lowest BCUT2D eigenvalue weighted by molar-refractivity contribution is 0.266. The zero-order chi connectivity index (χ0) is 19.5. The third-order valence-corrected chi connectivity index (χ3v) is 4.95. The summed E-state index contributed by atoms with van der Waals surface area (Å²) < 4.78 is 0. The molecule has 0 bridgehead atoms. The van der Waals surface area contributed by atoms with Crippen LogP contribution in [0.4, 0.5) is 0 Å². The van der Waals surface area contributed by atoms with Gasteiger partial charge in [0.15, 0.2) is 0 Å². The molecule has 0 saturated carbocycles. The molecular formula is C24H35NO. The zero-order valence-corrected chi connectivity index (χ0v) is 17.6. The van der Waals surface area contributed by atoms with E-state index in [9.17, 15) is 5.11 Å². The van der Waals surface area contributed by atoms with Crippen LogP contribution in [0.15, 0.2) is 42.5 Å². The monoisotopic (exact) mass is 353 g/mol. The van der Waals surface area contributed by atoms with Crippen LogP contribution in [0.3, 0.4) is 0 Å². The van der Waals surface area contributed by atoms with Crippen molar-refractivity contribution < 1.29 is 5.11 Å². The van der Waals surface area contributed by atoms with E-state index in [2.05, 4.69) is 89.8 Å². The highest BCUT2D eigenvalue weighted by Crippen LogP contribution is 2.38. The average Bonchev–Trinajstić information content (AvgIpc) is 2.54. The van der Waals surface area contributed by atoms with Gasteiger partial charge in [0.25, 0.3) is 0 Å². The van der Waals surface area contributed by atoms with Crippen LogP contribution in [0, 0.1) is 0 Å². The van der Waals surface area contributed by atoms with Gasteiger partial charge in [-0.1, -0.05) is 90.9 Å². The smallest absolute Gasteiger partial charge is 0.123 e. The molecule has 0 aliphatic heterocycles. The Morgan fingerprint density at radius 2 is 1.46 bits per heavy atom. The quantitative estimate of drug-likeness (QED) is 0.711. The van der Waals surface area contributed by atoms with E-state index in [1.165, 1.54) is 11.1 Å². The Morgan fingerprint density at radius 3 is 1.96 bits per heavy atom. The van der Waals surface area contributed by atoms with Gasteiger partial charge in [-0.2, -0.15) is 0 Å². The molecule has 2 rings (SSSR count). The summed E-state index contributed by atoms with van der Waals surface area (Å²) in [5.41, 5.74) is 4.62. The molecule has 0 atom stereocenters. The van der Waals surface area contributed by atoms with Crippen molar-refractivity contribution in [3.8, 4) is 5.75 Å². The predicted octanol–water partition coefficient (Wildman–Crippen LogP) is 6.01. The van der Waals surface area contributed by atoms with Crippen molar-refractivity contribution in [2.75, 3.05) is 6.54 Å². The molecule has 0 fully saturated rings. The molecule has 1 N–H and O–H groups in total. The SMILES string of the molecule is CCN(Cc1ccccc1)Cc1cc(C(C)(C)C)cc(C(C)(C)C)c1O. The van der Waals surface area contributed by atoms with Crippen molar-refractivity contribution in [3.05, 3.63) is 64.7 Å². The minimum absolute atomic E-state index is 0.0545. The molecule has 2 heteroatoms. The second kappa shape index (κ2) is 7.84. The lowest BCUT2D eigenvalue weighted by atomic mass is 9.79. The summed E-state index contributed by atoms with van der Waals surface area (Å²) in [5.74, 6) is 0.456. The second-order valence-corrected chi connectivity index (χ2v) is 9.32. The Bertz CT molecular complexity index is 720. The lowest BCUT2D eigenvalue weighted by Gasteiger charge is -2.29. The number of phenolic OH excluding ortho intramolecular Hbond substituents is 1. The topological polar surface area (TPSA) is 23.5 Å². The van der Waals surface area contributed by atoms with E-state index in [1.807, 2.05) is 6.07 Å². The molecule has 0 heterocycles. The Hall–Kier alpha value is -1.80. The molecule has 0 radical (unpaired) electrons. The number of benzene rings is 2. The number of hydrogen-bond acceptors (Lipinski definition) is 2. The third kappa shape index (κ3) is 5.11. The molecule has 0 saturated heterocycles. The van der Waals surface area contributed by atoms with Gasteiger partial charge in [-0.05, 0) is 34.1 Å². The van der Waals surface area contributed by atoms with Gasteiger partial charge in [-0.25, -0.2) is 0 Å². The van der Waals surface area contributed by atoms with Crippen molar-refractivity contribution in [2.45, 2.75) is 72.4 Å². The molecule has 0 aliphatic rings. The molecule has 0 aromatic heterocycles. The molecule has 0 unspecified atom stereocenters. The predicted molar refractivity (Wildman–Crippen MR) is 112 cm³/mol. The van der Waals surface area contributed by atoms with Crippen molar-refractivity contribution in [1.29, 1.82) is 0 Å². The largest absolute Gasteiger partial charge is 0.507 e. The number of rotatable bonds is 5. The normalized spacial score (nSPS) is 12.6. The highest BCUT2D eigenvalue weighted by molar-refractivity contribution is 5.48. The summed E-state index contributed by atoms with van der Waals surface area (Å²) in [6, 6.07) is 14.9. The number of hydrogen-bond donors (Lipinski definition) is 1. The van der Waals surface area contributed by atoms with Crippen LogP contribution in [0.1, 0.15) is 70.7 Å². The van der Waals surface area contributed by atoms with Gasteiger partial charge in [0, 0.05) is 18.7 Å². The molecule has 2 nitrogen and oxygen atoms in total. The summed E-state index contributed by atoms with van der Waals surface area (Å²) in [7, 11) is 0. The van der Waals surface area contributed by atoms with Crippen molar-refractivity contribution in [3.63, 3.8) is 0 Å². The van der Waals surface area contributed by atoms with Gasteiger partial charge in [-0.3, -0.25) is 4.90 Å². The second-order valence-electron chi connectivity index (χ2n) is 9.32. The maximum absolute atomic E-state index is 11.0. The first-order valence-electron chi connectivity index (χ1n) is 9.65. The van der Waals surface area contributed by atoms with Gasteiger partial charge in [-0.15, -0.1) is 0 Å². The van der Waals surface area contributed by atoms with Crippen LogP contribution in [0.2, 0.25) is 0 Å². The van der Waals surface area contributed by atoms with Crippen LogP contribution in [-0.4, -0.2) is 16.6 Å². The highest BCUT2D eigenvalue weighted by Gasteiger charge is 2.25. The van der Waals surface area contributed by atoms with Gasteiger partial charge < -0.3 is 5.11 Å². The first kappa shape index (κ1) is 20.5. The first-order valence-corrected chi connectivity index (χ1v) is 9.65. The van der Waals surface area contributed by atoms with Crippen molar-refractivity contribution >= 4 is 0 Å². The maximum Gasteiger partial charge on any atom is 0.123 e. The first-order chi connectivity index (χ1) is 12.0. The molecule has 0 amide bonds. The van der Waals surface area contributed by atoms with E-state index < -0.39 is 0 Å².